The highest BCUT2D eigenvalue weighted by molar-refractivity contribution is 6.36. The van der Waals surface area contributed by atoms with Gasteiger partial charge in [0.25, 0.3) is 5.91 Å². The van der Waals surface area contributed by atoms with Gasteiger partial charge >= 0.3 is 0 Å². The molecule has 134 valence electrons. The van der Waals surface area contributed by atoms with Crippen molar-refractivity contribution in [2.45, 2.75) is 13.5 Å². The lowest BCUT2D eigenvalue weighted by atomic mass is 10.2. The van der Waals surface area contributed by atoms with E-state index < -0.39 is 5.82 Å². The molecule has 1 amide bonds. The minimum absolute atomic E-state index is 0.171. The molecule has 0 saturated carbocycles. The molecule has 0 bridgehead atoms. The van der Waals surface area contributed by atoms with Crippen LogP contribution >= 0.6 is 23.2 Å². The average molecular weight is 386 g/mol. The van der Waals surface area contributed by atoms with Gasteiger partial charge in [0.1, 0.15) is 6.54 Å². The maximum Gasteiger partial charge on any atom is 0.279 e. The number of hydrogen-bond acceptors (Lipinski definition) is 2. The van der Waals surface area contributed by atoms with Crippen LogP contribution in [-0.2, 0) is 11.3 Å². The number of benzene rings is 2. The summed E-state index contributed by atoms with van der Waals surface area (Å²) in [6, 6.07) is 9.71. The smallest absolute Gasteiger partial charge is 0.279 e. The van der Waals surface area contributed by atoms with E-state index in [2.05, 4.69) is 5.32 Å². The predicted octanol–water partition coefficient (Wildman–Crippen LogP) is 3.18. The van der Waals surface area contributed by atoms with Crippen molar-refractivity contribution < 1.29 is 18.8 Å². The number of ether oxygens (including phenoxy) is 1. The summed E-state index contributed by atoms with van der Waals surface area (Å²) in [5, 5.41) is 3.66. The number of quaternary nitrogens is 1. The van der Waals surface area contributed by atoms with Crippen molar-refractivity contribution in [2.24, 2.45) is 0 Å². The minimum Gasteiger partial charge on any atom is -0.494 e. The average Bonchev–Trinajstić information content (AvgIpc) is 2.57. The molecule has 2 rings (SSSR count). The summed E-state index contributed by atoms with van der Waals surface area (Å²) in [7, 11) is 1.42. The zero-order chi connectivity index (χ0) is 18.4. The first kappa shape index (κ1) is 19.5. The number of likely N-dealkylation sites (N-methyl/N-ethyl adjacent to an activating group) is 1. The van der Waals surface area contributed by atoms with Crippen LogP contribution in [0.3, 0.4) is 0 Å². The highest BCUT2D eigenvalue weighted by atomic mass is 35.5. The van der Waals surface area contributed by atoms with Gasteiger partial charge in [-0.1, -0.05) is 23.2 Å². The summed E-state index contributed by atoms with van der Waals surface area (Å²) in [6.45, 7) is 3.45. The molecular weight excluding hydrogens is 366 g/mol. The van der Waals surface area contributed by atoms with Crippen LogP contribution in [0.2, 0.25) is 10.0 Å². The van der Waals surface area contributed by atoms with Crippen molar-refractivity contribution >= 4 is 34.8 Å². The number of amides is 1. The monoisotopic (exact) mass is 385 g/mol. The third kappa shape index (κ3) is 5.59. The van der Waals surface area contributed by atoms with Crippen molar-refractivity contribution in [2.75, 3.05) is 25.5 Å². The molecule has 2 aromatic carbocycles. The molecule has 2 aromatic rings. The number of rotatable bonds is 7. The van der Waals surface area contributed by atoms with Crippen LogP contribution < -0.4 is 15.0 Å². The molecule has 7 heteroatoms. The van der Waals surface area contributed by atoms with Crippen LogP contribution in [-0.4, -0.2) is 26.1 Å². The van der Waals surface area contributed by atoms with Crippen LogP contribution in [0, 0.1) is 5.82 Å². The summed E-state index contributed by atoms with van der Waals surface area (Å²) >= 11 is 11.9. The third-order valence-electron chi connectivity index (χ3n) is 3.79. The normalized spacial score (nSPS) is 11.9. The van der Waals surface area contributed by atoms with Crippen LogP contribution in [0.5, 0.6) is 5.75 Å². The van der Waals surface area contributed by atoms with Gasteiger partial charge in [-0.05, 0) is 43.3 Å². The SMILES string of the molecule is CC[NH+](CC(=O)Nc1ccc(Cl)cc1Cl)Cc1ccc(OC)c(F)c1. The van der Waals surface area contributed by atoms with Gasteiger partial charge < -0.3 is 15.0 Å². The molecule has 0 aliphatic rings. The summed E-state index contributed by atoms with van der Waals surface area (Å²) < 4.78 is 18.7. The molecule has 0 spiro atoms. The standard InChI is InChI=1S/C18H19Cl2FN2O2/c1-3-23(10-12-4-7-17(25-2)15(21)8-12)11-18(24)22-16-6-5-13(19)9-14(16)20/h4-9H,3,10-11H2,1-2H3,(H,22,24)/p+1. The number of nitrogens with one attached hydrogen (secondary N) is 2. The first-order valence-corrected chi connectivity index (χ1v) is 8.59. The highest BCUT2D eigenvalue weighted by Crippen LogP contribution is 2.25. The summed E-state index contributed by atoms with van der Waals surface area (Å²) in [5.41, 5.74) is 1.31. The number of halogens is 3. The van der Waals surface area contributed by atoms with E-state index in [0.717, 1.165) is 17.0 Å². The quantitative estimate of drug-likeness (QED) is 0.768. The van der Waals surface area contributed by atoms with E-state index in [4.69, 9.17) is 27.9 Å². The lowest BCUT2D eigenvalue weighted by Gasteiger charge is -2.18. The van der Waals surface area contributed by atoms with Crippen LogP contribution in [0.25, 0.3) is 0 Å². The molecule has 25 heavy (non-hydrogen) atoms. The van der Waals surface area contributed by atoms with Gasteiger partial charge in [-0.2, -0.15) is 0 Å². The molecule has 4 nitrogen and oxygen atoms in total. The Labute approximate surface area is 156 Å². The number of carbonyl (C=O) groups is 1. The van der Waals surface area contributed by atoms with E-state index in [9.17, 15) is 9.18 Å². The molecule has 0 fully saturated rings. The van der Waals surface area contributed by atoms with E-state index in [-0.39, 0.29) is 18.2 Å². The molecule has 0 radical (unpaired) electrons. The fourth-order valence-electron chi connectivity index (χ4n) is 2.43. The zero-order valence-electron chi connectivity index (χ0n) is 14.0. The fourth-order valence-corrected chi connectivity index (χ4v) is 2.89. The fraction of sp³-hybridized carbons (Fsp3) is 0.278. The van der Waals surface area contributed by atoms with Crippen LogP contribution in [0.4, 0.5) is 10.1 Å². The van der Waals surface area contributed by atoms with Crippen LogP contribution in [0.15, 0.2) is 36.4 Å². The largest absolute Gasteiger partial charge is 0.494 e. The molecule has 0 heterocycles. The van der Waals surface area contributed by atoms with Crippen molar-refractivity contribution in [1.82, 2.24) is 0 Å². The lowest BCUT2D eigenvalue weighted by Crippen LogP contribution is -3.11. The molecule has 1 unspecified atom stereocenters. The number of methoxy groups -OCH3 is 1. The maximum atomic E-state index is 13.8. The molecule has 1 atom stereocenters. The molecule has 0 aliphatic heterocycles. The molecular formula is C18H20Cl2FN2O2+. The molecule has 2 N–H and O–H groups in total. The van der Waals surface area contributed by atoms with Gasteiger partial charge in [0, 0.05) is 10.6 Å². The second kappa shape index (κ2) is 9.04. The predicted molar refractivity (Wildman–Crippen MR) is 98.1 cm³/mol. The second-order valence-corrected chi connectivity index (χ2v) is 6.44. The minimum atomic E-state index is -0.409. The number of anilines is 1. The van der Waals surface area contributed by atoms with Crippen molar-refractivity contribution in [3.8, 4) is 5.75 Å². The van der Waals surface area contributed by atoms with Crippen molar-refractivity contribution in [3.05, 3.63) is 57.8 Å². The Morgan fingerprint density at radius 2 is 2.00 bits per heavy atom. The molecule has 0 aromatic heterocycles. The highest BCUT2D eigenvalue weighted by Gasteiger charge is 2.15. The summed E-state index contributed by atoms with van der Waals surface area (Å²) in [4.78, 5) is 13.3. The summed E-state index contributed by atoms with van der Waals surface area (Å²) in [6.07, 6.45) is 0. The third-order valence-corrected chi connectivity index (χ3v) is 4.33. The van der Waals surface area contributed by atoms with Gasteiger partial charge in [-0.25, -0.2) is 4.39 Å². The Kier molecular flexibility index (Phi) is 7.05. The van der Waals surface area contributed by atoms with Gasteiger partial charge in [0.2, 0.25) is 0 Å². The maximum absolute atomic E-state index is 13.8. The summed E-state index contributed by atoms with van der Waals surface area (Å²) in [5.74, 6) is -0.375. The molecule has 0 saturated heterocycles. The first-order chi connectivity index (χ1) is 11.9. The Bertz CT molecular complexity index is 756. The topological polar surface area (TPSA) is 42.8 Å². The Morgan fingerprint density at radius 1 is 1.24 bits per heavy atom. The van der Waals surface area contributed by atoms with Gasteiger partial charge in [-0.3, -0.25) is 4.79 Å². The second-order valence-electron chi connectivity index (χ2n) is 5.60. The van der Waals surface area contributed by atoms with E-state index >= 15 is 0 Å². The zero-order valence-corrected chi connectivity index (χ0v) is 15.5. The van der Waals surface area contributed by atoms with Crippen LogP contribution in [0.1, 0.15) is 12.5 Å². The van der Waals surface area contributed by atoms with Crippen molar-refractivity contribution in [1.29, 1.82) is 0 Å². The van der Waals surface area contributed by atoms with E-state index in [1.165, 1.54) is 13.2 Å². The van der Waals surface area contributed by atoms with Gasteiger partial charge in [-0.15, -0.1) is 0 Å². The van der Waals surface area contributed by atoms with Gasteiger partial charge in [0.15, 0.2) is 18.1 Å². The Hall–Kier alpha value is -1.82. The van der Waals surface area contributed by atoms with E-state index in [1.54, 1.807) is 30.3 Å². The number of hydrogen-bond donors (Lipinski definition) is 2. The van der Waals surface area contributed by atoms with Gasteiger partial charge in [0.05, 0.1) is 24.4 Å². The molecule has 0 aliphatic carbocycles. The lowest BCUT2D eigenvalue weighted by molar-refractivity contribution is -0.903. The van der Waals surface area contributed by atoms with E-state index in [0.29, 0.717) is 22.3 Å². The first-order valence-electron chi connectivity index (χ1n) is 7.83. The van der Waals surface area contributed by atoms with Crippen molar-refractivity contribution in [3.63, 3.8) is 0 Å². The number of carbonyl (C=O) groups excluding carboxylic acids is 1. The Morgan fingerprint density at radius 3 is 2.60 bits per heavy atom. The van der Waals surface area contributed by atoms with E-state index in [1.807, 2.05) is 6.92 Å². The Balaban J connectivity index is 1.98.